The van der Waals surface area contributed by atoms with Crippen molar-refractivity contribution in [2.24, 2.45) is 5.92 Å². The van der Waals surface area contributed by atoms with Gasteiger partial charge in [0.1, 0.15) is 0 Å². The van der Waals surface area contributed by atoms with Crippen molar-refractivity contribution in [3.8, 4) is 0 Å². The van der Waals surface area contributed by atoms with Gasteiger partial charge >= 0.3 is 0 Å². The summed E-state index contributed by atoms with van der Waals surface area (Å²) in [5.41, 5.74) is 4.35. The van der Waals surface area contributed by atoms with Crippen LogP contribution in [0.25, 0.3) is 0 Å². The molecule has 0 saturated carbocycles. The number of aryl methyl sites for hydroxylation is 1. The number of anilines is 4. The second-order valence-electron chi connectivity index (χ2n) is 8.02. The molecule has 0 aliphatic carbocycles. The first-order valence-corrected chi connectivity index (χ1v) is 10.7. The first kappa shape index (κ1) is 23.5. The zero-order valence-corrected chi connectivity index (χ0v) is 18.9. The molecule has 0 unspecified atom stereocenters. The third kappa shape index (κ3) is 7.21. The summed E-state index contributed by atoms with van der Waals surface area (Å²) in [4.78, 5) is 36.3. The molecule has 33 heavy (non-hydrogen) atoms. The number of hydrogen-bond donors (Lipinski definition) is 4. The fourth-order valence-electron chi connectivity index (χ4n) is 2.97. The van der Waals surface area contributed by atoms with Gasteiger partial charge < -0.3 is 21.3 Å². The summed E-state index contributed by atoms with van der Waals surface area (Å²) in [5.74, 6) is -0.529. The van der Waals surface area contributed by atoms with E-state index in [4.69, 9.17) is 0 Å². The molecule has 0 atom stereocenters. The molecule has 0 saturated heterocycles. The van der Waals surface area contributed by atoms with Crippen molar-refractivity contribution in [1.29, 1.82) is 0 Å². The number of carbonyl (C=O) groups is 3. The normalized spacial score (nSPS) is 10.4. The van der Waals surface area contributed by atoms with Gasteiger partial charge in [0.15, 0.2) is 0 Å². The zero-order chi connectivity index (χ0) is 23.8. The molecular weight excluding hydrogens is 416 g/mol. The van der Waals surface area contributed by atoms with E-state index in [1.54, 1.807) is 54.6 Å². The van der Waals surface area contributed by atoms with Gasteiger partial charge in [0.25, 0.3) is 5.91 Å². The Labute approximate surface area is 193 Å². The van der Waals surface area contributed by atoms with Crippen molar-refractivity contribution in [3.05, 3.63) is 83.9 Å². The summed E-state index contributed by atoms with van der Waals surface area (Å²) in [6.07, 6.45) is 0. The molecule has 0 aliphatic rings. The van der Waals surface area contributed by atoms with Crippen LogP contribution in [0, 0.1) is 12.8 Å². The Morgan fingerprint density at radius 1 is 0.727 bits per heavy atom. The largest absolute Gasteiger partial charge is 0.376 e. The Hall–Kier alpha value is -4.13. The molecule has 0 aliphatic heterocycles. The van der Waals surface area contributed by atoms with Crippen LogP contribution in [0.3, 0.4) is 0 Å². The van der Waals surface area contributed by atoms with Gasteiger partial charge in [-0.1, -0.05) is 31.5 Å². The van der Waals surface area contributed by atoms with Crippen molar-refractivity contribution in [2.75, 3.05) is 27.8 Å². The van der Waals surface area contributed by atoms with Crippen LogP contribution in [0.15, 0.2) is 72.8 Å². The quantitative estimate of drug-likeness (QED) is 0.397. The molecule has 0 fully saturated rings. The van der Waals surface area contributed by atoms with Crippen LogP contribution in [0.5, 0.6) is 0 Å². The zero-order valence-electron chi connectivity index (χ0n) is 18.9. The van der Waals surface area contributed by atoms with Crippen LogP contribution in [0.1, 0.15) is 29.8 Å². The third-order valence-electron chi connectivity index (χ3n) is 4.84. The highest BCUT2D eigenvalue weighted by Gasteiger charge is 2.08. The van der Waals surface area contributed by atoms with E-state index in [2.05, 4.69) is 21.3 Å². The molecule has 0 aromatic heterocycles. The predicted octanol–water partition coefficient (Wildman–Crippen LogP) is 4.89. The maximum absolute atomic E-state index is 12.3. The summed E-state index contributed by atoms with van der Waals surface area (Å²) < 4.78 is 0. The molecular formula is C26H28N4O3. The van der Waals surface area contributed by atoms with E-state index in [0.29, 0.717) is 22.6 Å². The van der Waals surface area contributed by atoms with Crippen LogP contribution >= 0.6 is 0 Å². The van der Waals surface area contributed by atoms with E-state index >= 15 is 0 Å². The topological polar surface area (TPSA) is 99.3 Å². The van der Waals surface area contributed by atoms with E-state index < -0.39 is 0 Å². The lowest BCUT2D eigenvalue weighted by molar-refractivity contribution is -0.119. The second-order valence-corrected chi connectivity index (χ2v) is 8.02. The Morgan fingerprint density at radius 3 is 1.85 bits per heavy atom. The first-order chi connectivity index (χ1) is 15.8. The number of hydrogen-bond acceptors (Lipinski definition) is 4. The van der Waals surface area contributed by atoms with Gasteiger partial charge in [-0.2, -0.15) is 0 Å². The minimum Gasteiger partial charge on any atom is -0.376 e. The molecule has 3 amide bonds. The maximum atomic E-state index is 12.3. The molecule has 3 rings (SSSR count). The molecule has 4 N–H and O–H groups in total. The number of rotatable bonds is 8. The molecule has 0 heterocycles. The minimum absolute atomic E-state index is 0.0455. The van der Waals surface area contributed by atoms with Crippen LogP contribution < -0.4 is 21.3 Å². The lowest BCUT2D eigenvalue weighted by Gasteiger charge is -2.11. The Morgan fingerprint density at radius 2 is 1.27 bits per heavy atom. The van der Waals surface area contributed by atoms with Gasteiger partial charge in [0, 0.05) is 34.2 Å². The summed E-state index contributed by atoms with van der Waals surface area (Å²) in [6, 6.07) is 21.5. The Kier molecular flexibility index (Phi) is 7.81. The molecule has 7 heteroatoms. The van der Waals surface area contributed by atoms with Gasteiger partial charge in [-0.25, -0.2) is 0 Å². The number of benzene rings is 3. The molecule has 0 bridgehead atoms. The Bertz CT molecular complexity index is 1120. The van der Waals surface area contributed by atoms with Gasteiger partial charge in [0.05, 0.1) is 6.54 Å². The van der Waals surface area contributed by atoms with Gasteiger partial charge in [-0.15, -0.1) is 0 Å². The summed E-state index contributed by atoms with van der Waals surface area (Å²) in [5, 5.41) is 11.5. The number of carbonyl (C=O) groups excluding carboxylic acids is 3. The van der Waals surface area contributed by atoms with Gasteiger partial charge in [-0.05, 0) is 67.6 Å². The molecule has 3 aromatic rings. The van der Waals surface area contributed by atoms with Crippen molar-refractivity contribution < 1.29 is 14.4 Å². The molecule has 3 aromatic carbocycles. The van der Waals surface area contributed by atoms with Crippen molar-refractivity contribution in [1.82, 2.24) is 0 Å². The fourth-order valence-corrected chi connectivity index (χ4v) is 2.97. The SMILES string of the molecule is Cc1cccc(C(=O)Nc2ccc(NC(=O)CNc3ccc(NC(=O)C(C)C)cc3)cc2)c1. The molecule has 0 spiro atoms. The standard InChI is InChI=1S/C26H28N4O3/c1-17(2)25(32)29-22-9-7-20(8-10-22)27-16-24(31)28-21-11-13-23(14-12-21)30-26(33)19-6-4-5-18(3)15-19/h4-15,17,27H,16H2,1-3H3,(H,28,31)(H,29,32)(H,30,33). The maximum Gasteiger partial charge on any atom is 0.255 e. The van der Waals surface area contributed by atoms with E-state index in [-0.39, 0.29) is 30.2 Å². The lowest BCUT2D eigenvalue weighted by Crippen LogP contribution is -2.21. The van der Waals surface area contributed by atoms with E-state index in [1.165, 1.54) is 0 Å². The van der Waals surface area contributed by atoms with Crippen LogP contribution in [0.2, 0.25) is 0 Å². The fraction of sp³-hybridized carbons (Fsp3) is 0.192. The highest BCUT2D eigenvalue weighted by Crippen LogP contribution is 2.16. The molecule has 7 nitrogen and oxygen atoms in total. The van der Waals surface area contributed by atoms with E-state index in [1.807, 2.05) is 39.0 Å². The minimum atomic E-state index is -0.205. The average molecular weight is 445 g/mol. The highest BCUT2D eigenvalue weighted by molar-refractivity contribution is 6.04. The summed E-state index contributed by atoms with van der Waals surface area (Å²) >= 11 is 0. The second kappa shape index (κ2) is 10.9. The third-order valence-corrected chi connectivity index (χ3v) is 4.84. The van der Waals surface area contributed by atoms with E-state index in [9.17, 15) is 14.4 Å². The number of nitrogens with one attached hydrogen (secondary N) is 4. The van der Waals surface area contributed by atoms with Gasteiger partial charge in [0.2, 0.25) is 11.8 Å². The predicted molar refractivity (Wildman–Crippen MR) is 133 cm³/mol. The monoisotopic (exact) mass is 444 g/mol. The van der Waals surface area contributed by atoms with Crippen molar-refractivity contribution in [3.63, 3.8) is 0 Å². The first-order valence-electron chi connectivity index (χ1n) is 10.7. The highest BCUT2D eigenvalue weighted by atomic mass is 16.2. The summed E-state index contributed by atoms with van der Waals surface area (Å²) in [7, 11) is 0. The molecule has 0 radical (unpaired) electrons. The van der Waals surface area contributed by atoms with Crippen molar-refractivity contribution >= 4 is 40.5 Å². The van der Waals surface area contributed by atoms with Crippen LogP contribution in [-0.4, -0.2) is 24.3 Å². The van der Waals surface area contributed by atoms with Crippen LogP contribution in [-0.2, 0) is 9.59 Å². The lowest BCUT2D eigenvalue weighted by atomic mass is 10.1. The van der Waals surface area contributed by atoms with Crippen molar-refractivity contribution in [2.45, 2.75) is 20.8 Å². The van der Waals surface area contributed by atoms with E-state index in [0.717, 1.165) is 11.3 Å². The molecule has 170 valence electrons. The van der Waals surface area contributed by atoms with Gasteiger partial charge in [-0.3, -0.25) is 14.4 Å². The smallest absolute Gasteiger partial charge is 0.255 e. The van der Waals surface area contributed by atoms with Crippen LogP contribution in [0.4, 0.5) is 22.7 Å². The summed E-state index contributed by atoms with van der Waals surface area (Å²) in [6.45, 7) is 5.69. The number of amides is 3. The Balaban J connectivity index is 1.46. The average Bonchev–Trinajstić information content (AvgIpc) is 2.80.